The summed E-state index contributed by atoms with van der Waals surface area (Å²) in [6, 6.07) is 16.6. The second-order valence-corrected chi connectivity index (χ2v) is 6.59. The SMILES string of the molecule is CC(=O)Nc1ccc(Nc2ccc(C(=O)Nc3ccc(C)cc3C)cn2)cc1. The van der Waals surface area contributed by atoms with Crippen LogP contribution in [0.5, 0.6) is 0 Å². The number of nitrogens with one attached hydrogen (secondary N) is 3. The van der Waals surface area contributed by atoms with Crippen molar-refractivity contribution in [2.75, 3.05) is 16.0 Å². The van der Waals surface area contributed by atoms with E-state index in [9.17, 15) is 9.59 Å². The van der Waals surface area contributed by atoms with Crippen LogP contribution < -0.4 is 16.0 Å². The van der Waals surface area contributed by atoms with Crippen LogP contribution >= 0.6 is 0 Å². The number of amides is 2. The summed E-state index contributed by atoms with van der Waals surface area (Å²) in [5.74, 6) is 0.304. The molecule has 0 aliphatic rings. The molecule has 0 saturated heterocycles. The molecule has 28 heavy (non-hydrogen) atoms. The second-order valence-electron chi connectivity index (χ2n) is 6.59. The number of hydrogen-bond acceptors (Lipinski definition) is 4. The summed E-state index contributed by atoms with van der Waals surface area (Å²) in [6.45, 7) is 5.45. The van der Waals surface area contributed by atoms with E-state index in [-0.39, 0.29) is 11.8 Å². The lowest BCUT2D eigenvalue weighted by Gasteiger charge is -2.10. The molecular weight excluding hydrogens is 352 g/mol. The second kappa shape index (κ2) is 8.35. The van der Waals surface area contributed by atoms with Gasteiger partial charge in [0.05, 0.1) is 5.56 Å². The van der Waals surface area contributed by atoms with Crippen LogP contribution in [-0.4, -0.2) is 16.8 Å². The van der Waals surface area contributed by atoms with Gasteiger partial charge in [-0.3, -0.25) is 9.59 Å². The zero-order chi connectivity index (χ0) is 20.1. The fourth-order valence-electron chi connectivity index (χ4n) is 2.74. The van der Waals surface area contributed by atoms with E-state index in [2.05, 4.69) is 20.9 Å². The van der Waals surface area contributed by atoms with Gasteiger partial charge >= 0.3 is 0 Å². The van der Waals surface area contributed by atoms with Gasteiger partial charge in [0.15, 0.2) is 0 Å². The molecule has 0 fully saturated rings. The van der Waals surface area contributed by atoms with Gasteiger partial charge in [0, 0.05) is 30.2 Å². The number of carbonyl (C=O) groups excluding carboxylic acids is 2. The van der Waals surface area contributed by atoms with Gasteiger partial charge in [-0.05, 0) is 61.9 Å². The van der Waals surface area contributed by atoms with Crippen molar-refractivity contribution in [1.82, 2.24) is 4.98 Å². The minimum absolute atomic E-state index is 0.114. The Bertz CT molecular complexity index is 996. The lowest BCUT2D eigenvalue weighted by molar-refractivity contribution is -0.114. The van der Waals surface area contributed by atoms with Gasteiger partial charge in [-0.2, -0.15) is 0 Å². The molecular formula is C22H22N4O2. The van der Waals surface area contributed by atoms with Crippen molar-refractivity contribution in [2.45, 2.75) is 20.8 Å². The maximum atomic E-state index is 12.4. The van der Waals surface area contributed by atoms with Crippen LogP contribution in [0.4, 0.5) is 22.9 Å². The fraction of sp³-hybridized carbons (Fsp3) is 0.136. The highest BCUT2D eigenvalue weighted by Gasteiger charge is 2.09. The number of anilines is 4. The van der Waals surface area contributed by atoms with Gasteiger partial charge in [0.1, 0.15) is 5.82 Å². The van der Waals surface area contributed by atoms with Gasteiger partial charge in [-0.15, -0.1) is 0 Å². The largest absolute Gasteiger partial charge is 0.340 e. The van der Waals surface area contributed by atoms with Crippen LogP contribution in [0.3, 0.4) is 0 Å². The Kier molecular flexibility index (Phi) is 5.69. The molecule has 0 aliphatic carbocycles. The van der Waals surface area contributed by atoms with Gasteiger partial charge in [-0.25, -0.2) is 4.98 Å². The predicted molar refractivity (Wildman–Crippen MR) is 112 cm³/mol. The van der Waals surface area contributed by atoms with Crippen LogP contribution in [-0.2, 0) is 4.79 Å². The first kappa shape index (κ1) is 19.1. The highest BCUT2D eigenvalue weighted by atomic mass is 16.2. The van der Waals surface area contributed by atoms with Gasteiger partial charge in [-0.1, -0.05) is 17.7 Å². The van der Waals surface area contributed by atoms with E-state index < -0.39 is 0 Å². The number of rotatable bonds is 5. The van der Waals surface area contributed by atoms with E-state index in [0.29, 0.717) is 11.4 Å². The first-order valence-corrected chi connectivity index (χ1v) is 8.90. The Labute approximate surface area is 164 Å². The molecule has 3 aromatic rings. The molecule has 3 rings (SSSR count). The number of pyridine rings is 1. The third-order valence-electron chi connectivity index (χ3n) is 4.13. The Morgan fingerprint density at radius 3 is 2.18 bits per heavy atom. The average Bonchev–Trinajstić information content (AvgIpc) is 2.66. The number of hydrogen-bond donors (Lipinski definition) is 3. The Balaban J connectivity index is 1.64. The highest BCUT2D eigenvalue weighted by molar-refractivity contribution is 6.04. The zero-order valence-corrected chi connectivity index (χ0v) is 16.0. The van der Waals surface area contributed by atoms with Crippen LogP contribution in [0.15, 0.2) is 60.8 Å². The topological polar surface area (TPSA) is 83.1 Å². The van der Waals surface area contributed by atoms with Crippen molar-refractivity contribution in [3.8, 4) is 0 Å². The van der Waals surface area contributed by atoms with E-state index in [1.807, 2.05) is 44.2 Å². The quantitative estimate of drug-likeness (QED) is 0.607. The number of aryl methyl sites for hydroxylation is 2. The lowest BCUT2D eigenvalue weighted by atomic mass is 10.1. The molecule has 0 radical (unpaired) electrons. The zero-order valence-electron chi connectivity index (χ0n) is 16.0. The molecule has 2 aromatic carbocycles. The first-order valence-electron chi connectivity index (χ1n) is 8.90. The molecule has 142 valence electrons. The van der Waals surface area contributed by atoms with Gasteiger partial charge < -0.3 is 16.0 Å². The molecule has 0 bridgehead atoms. The molecule has 6 nitrogen and oxygen atoms in total. The molecule has 6 heteroatoms. The minimum Gasteiger partial charge on any atom is -0.340 e. The summed E-state index contributed by atoms with van der Waals surface area (Å²) in [5, 5.41) is 8.79. The molecule has 0 unspecified atom stereocenters. The van der Waals surface area contributed by atoms with Crippen molar-refractivity contribution in [2.24, 2.45) is 0 Å². The van der Waals surface area contributed by atoms with E-state index in [1.165, 1.54) is 13.1 Å². The number of benzene rings is 2. The third-order valence-corrected chi connectivity index (χ3v) is 4.13. The molecule has 0 atom stereocenters. The Morgan fingerprint density at radius 1 is 0.857 bits per heavy atom. The number of aromatic nitrogens is 1. The fourth-order valence-corrected chi connectivity index (χ4v) is 2.74. The molecule has 2 amide bonds. The molecule has 3 N–H and O–H groups in total. The van der Waals surface area contributed by atoms with Gasteiger partial charge in [0.2, 0.25) is 5.91 Å². The monoisotopic (exact) mass is 374 g/mol. The highest BCUT2D eigenvalue weighted by Crippen LogP contribution is 2.19. The van der Waals surface area contributed by atoms with Crippen LogP contribution in [0.25, 0.3) is 0 Å². The normalized spacial score (nSPS) is 10.2. The minimum atomic E-state index is -0.203. The van der Waals surface area contributed by atoms with Crippen molar-refractivity contribution in [3.63, 3.8) is 0 Å². The maximum absolute atomic E-state index is 12.4. The third kappa shape index (κ3) is 4.94. The van der Waals surface area contributed by atoms with Crippen molar-refractivity contribution in [1.29, 1.82) is 0 Å². The molecule has 0 saturated carbocycles. The Hall–Kier alpha value is -3.67. The van der Waals surface area contributed by atoms with E-state index in [0.717, 1.165) is 28.2 Å². The number of carbonyl (C=O) groups is 2. The number of nitrogens with zero attached hydrogens (tertiary/aromatic N) is 1. The maximum Gasteiger partial charge on any atom is 0.257 e. The summed E-state index contributed by atoms with van der Waals surface area (Å²) in [7, 11) is 0. The van der Waals surface area contributed by atoms with Crippen molar-refractivity contribution in [3.05, 3.63) is 77.5 Å². The van der Waals surface area contributed by atoms with Gasteiger partial charge in [0.25, 0.3) is 5.91 Å². The summed E-state index contributed by atoms with van der Waals surface area (Å²) in [5.41, 5.74) is 4.99. The molecule has 1 aromatic heterocycles. The standard InChI is InChI=1S/C22H22N4O2/c1-14-4-10-20(15(2)12-14)26-22(28)17-5-11-21(23-13-17)25-19-8-6-18(7-9-19)24-16(3)27/h4-13H,1-3H3,(H,23,25)(H,24,27)(H,26,28). The summed E-state index contributed by atoms with van der Waals surface area (Å²) < 4.78 is 0. The lowest BCUT2D eigenvalue weighted by Crippen LogP contribution is -2.13. The molecule has 0 aliphatic heterocycles. The van der Waals surface area contributed by atoms with Crippen molar-refractivity contribution < 1.29 is 9.59 Å². The summed E-state index contributed by atoms with van der Waals surface area (Å²) >= 11 is 0. The van der Waals surface area contributed by atoms with Crippen LogP contribution in [0, 0.1) is 13.8 Å². The first-order chi connectivity index (χ1) is 13.4. The van der Waals surface area contributed by atoms with E-state index in [1.54, 1.807) is 24.3 Å². The van der Waals surface area contributed by atoms with Crippen LogP contribution in [0.2, 0.25) is 0 Å². The van der Waals surface area contributed by atoms with Crippen LogP contribution in [0.1, 0.15) is 28.4 Å². The van der Waals surface area contributed by atoms with E-state index >= 15 is 0 Å². The average molecular weight is 374 g/mol. The van der Waals surface area contributed by atoms with E-state index in [4.69, 9.17) is 0 Å². The predicted octanol–water partition coefficient (Wildman–Crippen LogP) is 4.65. The molecule has 1 heterocycles. The Morgan fingerprint density at radius 2 is 1.57 bits per heavy atom. The molecule has 0 spiro atoms. The summed E-state index contributed by atoms with van der Waals surface area (Å²) in [4.78, 5) is 27.8. The smallest absolute Gasteiger partial charge is 0.257 e. The van der Waals surface area contributed by atoms with Crippen molar-refractivity contribution >= 4 is 34.7 Å². The summed E-state index contributed by atoms with van der Waals surface area (Å²) in [6.07, 6.45) is 1.53.